The van der Waals surface area contributed by atoms with Crippen molar-refractivity contribution in [1.82, 2.24) is 8.75 Å². The molecule has 0 N–H and O–H groups in total. The lowest BCUT2D eigenvalue weighted by atomic mass is 9.97. The summed E-state index contributed by atoms with van der Waals surface area (Å²) in [4.78, 5) is 27.5. The summed E-state index contributed by atoms with van der Waals surface area (Å²) in [7, 11) is 0. The van der Waals surface area contributed by atoms with Gasteiger partial charge in [0.05, 0.1) is 20.4 Å². The molecule has 0 aliphatic heterocycles. The van der Waals surface area contributed by atoms with Crippen LogP contribution in [0.3, 0.4) is 0 Å². The van der Waals surface area contributed by atoms with E-state index in [4.69, 9.17) is 8.75 Å². The highest BCUT2D eigenvalue weighted by Crippen LogP contribution is 2.52. The van der Waals surface area contributed by atoms with E-state index in [-0.39, 0.29) is 0 Å². The Labute approximate surface area is 583 Å². The molecule has 0 amide bonds. The van der Waals surface area contributed by atoms with Crippen molar-refractivity contribution in [3.8, 4) is 59.9 Å². The maximum atomic E-state index is 12.5. The van der Waals surface area contributed by atoms with Crippen LogP contribution in [-0.4, -0.2) is 15.0 Å². The van der Waals surface area contributed by atoms with Crippen molar-refractivity contribution < 1.29 is 4.79 Å². The predicted octanol–water partition coefficient (Wildman–Crippen LogP) is 30.1. The van der Waals surface area contributed by atoms with E-state index >= 15 is 0 Å². The monoisotopic (exact) mass is 1410 g/mol. The number of aromatic nitrogens is 2. The number of halogens is 1. The highest BCUT2D eigenvalue weighted by Gasteiger charge is 2.26. The Kier molecular flexibility index (Phi) is 33.7. The summed E-state index contributed by atoms with van der Waals surface area (Å²) in [5.74, 6) is 0. The number of hydrogen-bond donors (Lipinski definition) is 0. The van der Waals surface area contributed by atoms with E-state index in [1.54, 1.807) is 16.9 Å². The predicted molar refractivity (Wildman–Crippen MR) is 413 cm³/mol. The number of fused-ring (bicyclic) bond motifs is 1. The molecule has 3 nitrogen and oxygen atoms in total. The lowest BCUT2D eigenvalue weighted by molar-refractivity contribution is 0.112. The van der Waals surface area contributed by atoms with E-state index in [9.17, 15) is 4.79 Å². The minimum Gasteiger partial charge on any atom is -0.297 e. The van der Waals surface area contributed by atoms with E-state index in [0.29, 0.717) is 0 Å². The lowest BCUT2D eigenvalue weighted by Gasteiger charge is -2.09. The first-order valence-electron chi connectivity index (χ1n) is 36.5. The Bertz CT molecular complexity index is 3300. The third-order valence-corrected chi connectivity index (χ3v) is 27.4. The average molecular weight is 1410 g/mol. The summed E-state index contributed by atoms with van der Waals surface area (Å²) < 4.78 is 11.9. The minimum absolute atomic E-state index is 0.861. The Morgan fingerprint density at radius 2 is 0.567 bits per heavy atom. The third kappa shape index (κ3) is 22.0. The molecule has 8 aromatic rings. The normalized spacial score (nSPS) is 11.9. The topological polar surface area (TPSA) is 42.9 Å². The molecule has 0 aliphatic carbocycles. The van der Waals surface area contributed by atoms with Gasteiger partial charge in [-0.2, -0.15) is 8.75 Å². The van der Waals surface area contributed by atoms with Crippen molar-refractivity contribution >= 4 is 113 Å². The van der Waals surface area contributed by atoms with Crippen LogP contribution >= 0.6 is 95.7 Å². The molecule has 11 heteroatoms. The first-order chi connectivity index (χ1) is 44.3. The second-order valence-electron chi connectivity index (χ2n) is 26.1. The zero-order valence-corrected chi connectivity index (χ0v) is 63.7. The van der Waals surface area contributed by atoms with E-state index < -0.39 is 0 Å². The van der Waals surface area contributed by atoms with Crippen molar-refractivity contribution in [3.63, 3.8) is 0 Å². The van der Waals surface area contributed by atoms with Gasteiger partial charge in [0.25, 0.3) is 0 Å². The summed E-state index contributed by atoms with van der Waals surface area (Å²) >= 11 is 17.2. The Morgan fingerprint density at radius 3 is 0.889 bits per heavy atom. The average Bonchev–Trinajstić information content (AvgIpc) is 1.62. The number of aryl methyl sites for hydroxylation is 6. The molecule has 0 spiro atoms. The number of carbonyl (C=O) groups excluding carboxylic acids is 1. The van der Waals surface area contributed by atoms with Crippen LogP contribution in [0.1, 0.15) is 316 Å². The number of carbonyl (C=O) groups is 1. The van der Waals surface area contributed by atoms with Crippen molar-refractivity contribution in [1.29, 1.82) is 0 Å². The van der Waals surface area contributed by atoms with Crippen molar-refractivity contribution in [2.45, 2.75) is 311 Å². The van der Waals surface area contributed by atoms with Crippen LogP contribution in [0.4, 0.5) is 0 Å². The summed E-state index contributed by atoms with van der Waals surface area (Å²) in [5.41, 5.74) is 13.5. The fourth-order valence-corrected chi connectivity index (χ4v) is 22.0. The lowest BCUT2D eigenvalue weighted by Crippen LogP contribution is -1.90. The number of hydrogen-bond acceptors (Lipinski definition) is 10. The first-order valence-corrected chi connectivity index (χ1v) is 42.9. The summed E-state index contributed by atoms with van der Waals surface area (Å²) in [6.45, 7) is 13.9. The van der Waals surface area contributed by atoms with Gasteiger partial charge in [0.1, 0.15) is 11.0 Å². The molecular weight excluding hydrogens is 1300 g/mol. The van der Waals surface area contributed by atoms with E-state index in [1.165, 1.54) is 334 Å². The SMILES string of the molecule is CCCCCCCCc1cc(Br)sc1-c1cc(CCCCCCCC)c(-c2cc(CCCCCCCC)c(-c3ccc(-c4sc(-c5sc(-c6sc(C=O)cc6CCCCCCCC)cc5CCCCCCCC)cc4CCCCCCCC)c4nsnc34)s2)s1. The Hall–Kier alpha value is -2.61. The molecule has 0 radical (unpaired) electrons. The van der Waals surface area contributed by atoms with Crippen molar-refractivity contribution in [2.24, 2.45) is 0 Å². The smallest absolute Gasteiger partial charge is 0.160 e. The van der Waals surface area contributed by atoms with Crippen LogP contribution in [0.15, 0.2) is 52.3 Å². The van der Waals surface area contributed by atoms with Gasteiger partial charge in [0.15, 0.2) is 6.29 Å². The largest absolute Gasteiger partial charge is 0.297 e. The molecule has 8 rings (SSSR count). The summed E-state index contributed by atoms with van der Waals surface area (Å²) in [6.07, 6.45) is 54.3. The molecule has 7 heterocycles. The van der Waals surface area contributed by atoms with E-state index in [1.807, 2.05) is 45.3 Å². The maximum absolute atomic E-state index is 12.5. The van der Waals surface area contributed by atoms with Crippen LogP contribution in [0.25, 0.3) is 70.9 Å². The number of thiophene rings is 6. The fraction of sp³-hybridized carbons (Fsp3) is 0.608. The van der Waals surface area contributed by atoms with Gasteiger partial charge in [-0.1, -0.05) is 246 Å². The number of aldehydes is 1. The molecule has 0 saturated heterocycles. The fourth-order valence-electron chi connectivity index (χ4n) is 13.3. The number of unbranched alkanes of at least 4 members (excludes halogenated alkanes) is 30. The van der Waals surface area contributed by atoms with Gasteiger partial charge in [-0.25, -0.2) is 0 Å². The molecule has 0 unspecified atom stereocenters. The zero-order chi connectivity index (χ0) is 63.1. The highest BCUT2D eigenvalue weighted by atomic mass is 79.9. The van der Waals surface area contributed by atoms with Gasteiger partial charge in [0, 0.05) is 59.9 Å². The molecule has 0 aliphatic rings. The maximum Gasteiger partial charge on any atom is 0.160 e. The molecule has 0 saturated carbocycles. The van der Waals surface area contributed by atoms with Crippen molar-refractivity contribution in [2.75, 3.05) is 0 Å². The standard InChI is InChI=1S/C79H111BrN2OS7/c1-7-13-19-25-31-37-43-58-51-64(57-83)84-76(58)67-54-61(46-40-34-28-22-16-10-4)77(87-67)68-52-59(44-38-32-26-20-14-8-2)74(85-68)65-49-50-66(73-72(65)81-90-82-73)75-60(45-39-33-27-21-15-9-3)53-69(86-75)78-62(47-41-35-29-23-17-11-5)55-70(88-78)79-63(56-71(80)89-79)48-42-36-30-24-18-12-6/h49-57H,7-48H2,1-6H3. The minimum atomic E-state index is 0.861. The number of nitrogens with zero attached hydrogens (tertiary/aromatic N) is 2. The molecule has 492 valence electrons. The second-order valence-corrected chi connectivity index (χ2v) is 34.4. The zero-order valence-electron chi connectivity index (χ0n) is 56.4. The van der Waals surface area contributed by atoms with E-state index in [2.05, 4.69) is 117 Å². The van der Waals surface area contributed by atoms with Crippen LogP contribution in [0.2, 0.25) is 0 Å². The highest BCUT2D eigenvalue weighted by molar-refractivity contribution is 9.11. The molecule has 1 aromatic carbocycles. The second kappa shape index (κ2) is 41.4. The first kappa shape index (κ1) is 73.2. The van der Waals surface area contributed by atoms with Crippen LogP contribution in [0.5, 0.6) is 0 Å². The van der Waals surface area contributed by atoms with Gasteiger partial charge in [0.2, 0.25) is 0 Å². The summed E-state index contributed by atoms with van der Waals surface area (Å²) in [6, 6.07) is 20.0. The molecule has 7 aromatic heterocycles. The Balaban J connectivity index is 1.19. The van der Waals surface area contributed by atoms with Gasteiger partial charge >= 0.3 is 0 Å². The van der Waals surface area contributed by atoms with Gasteiger partial charge in [-0.3, -0.25) is 4.79 Å². The van der Waals surface area contributed by atoms with Crippen LogP contribution in [-0.2, 0) is 38.5 Å². The van der Waals surface area contributed by atoms with Crippen LogP contribution in [0, 0.1) is 0 Å². The quantitative estimate of drug-likeness (QED) is 0.0282. The van der Waals surface area contributed by atoms with Crippen LogP contribution < -0.4 is 0 Å². The van der Waals surface area contributed by atoms with Gasteiger partial charge in [-0.05, 0) is 163 Å². The van der Waals surface area contributed by atoms with E-state index in [0.717, 1.165) is 60.7 Å². The van der Waals surface area contributed by atoms with Gasteiger partial charge in [-0.15, -0.1) is 68.0 Å². The molecule has 0 atom stereocenters. The third-order valence-electron chi connectivity index (χ3n) is 18.6. The Morgan fingerprint density at radius 1 is 0.311 bits per heavy atom. The molecular formula is C79H111BrN2OS7. The molecule has 90 heavy (non-hydrogen) atoms. The summed E-state index contributed by atoms with van der Waals surface area (Å²) in [5, 5.41) is 0. The molecule has 0 bridgehead atoms. The van der Waals surface area contributed by atoms with Gasteiger partial charge < -0.3 is 0 Å². The number of benzene rings is 1. The number of rotatable bonds is 49. The van der Waals surface area contributed by atoms with Crippen molar-refractivity contribution in [3.05, 3.63) is 90.6 Å². The molecule has 0 fully saturated rings.